The van der Waals surface area contributed by atoms with Crippen LogP contribution in [0.15, 0.2) is 60.7 Å². The van der Waals surface area contributed by atoms with Gasteiger partial charge in [-0.2, -0.15) is 0 Å². The summed E-state index contributed by atoms with van der Waals surface area (Å²) in [6.07, 6.45) is 0. The van der Waals surface area contributed by atoms with Gasteiger partial charge in [-0.05, 0) is 21.2 Å². The Balaban J connectivity index is 0.000000324. The van der Waals surface area contributed by atoms with Gasteiger partial charge in [0.1, 0.15) is 0 Å². The second-order valence-corrected chi connectivity index (χ2v) is 4.05. The van der Waals surface area contributed by atoms with Gasteiger partial charge in [0.15, 0.2) is 0 Å². The van der Waals surface area contributed by atoms with E-state index in [1.54, 1.807) is 48.5 Å². The van der Waals surface area contributed by atoms with Crippen molar-refractivity contribution in [1.29, 1.82) is 0 Å². The van der Waals surface area contributed by atoms with Gasteiger partial charge in [-0.3, -0.25) is 0 Å². The normalized spacial score (nSPS) is 8.42. The molecule has 0 bridgehead atoms. The Kier molecular flexibility index (Phi) is 9.54. The predicted molar refractivity (Wildman–Crippen MR) is 76.3 cm³/mol. The zero-order valence-corrected chi connectivity index (χ0v) is 15.8. The molecule has 2 rings (SSSR count). The van der Waals surface area contributed by atoms with Crippen molar-refractivity contribution in [3.8, 4) is 0 Å². The molecule has 0 unspecified atom stereocenters. The van der Waals surface area contributed by atoms with E-state index >= 15 is 0 Å². The molecule has 2 aromatic carbocycles. The molecule has 19 heavy (non-hydrogen) atoms. The van der Waals surface area contributed by atoms with E-state index in [1.165, 1.54) is 0 Å². The number of benzene rings is 2. The van der Waals surface area contributed by atoms with Crippen LogP contribution in [0.3, 0.4) is 0 Å². The Hall–Kier alpha value is -0.858. The van der Waals surface area contributed by atoms with Crippen LogP contribution in [0.25, 0.3) is 0 Å². The third-order valence-corrected chi connectivity index (χ3v) is 2.49. The van der Waals surface area contributed by atoms with Gasteiger partial charge in [-0.1, -0.05) is 85.1 Å². The van der Waals surface area contributed by atoms with E-state index in [-0.39, 0.29) is 37.4 Å². The second-order valence-electron chi connectivity index (χ2n) is 3.31. The summed E-state index contributed by atoms with van der Waals surface area (Å²) in [5, 5.41) is 20.3. The SMILES string of the molecule is [Cd+2].[O-]C(=S)c1ccccc1.[O-]C(=S)c1ccccc1. The molecule has 2 nitrogen and oxygen atoms in total. The molecule has 0 radical (unpaired) electrons. The molecule has 0 atom stereocenters. The van der Waals surface area contributed by atoms with Crippen LogP contribution in [0.2, 0.25) is 0 Å². The number of hydrogen-bond acceptors (Lipinski definition) is 4. The van der Waals surface area contributed by atoms with E-state index in [0.717, 1.165) is 0 Å². The Morgan fingerprint density at radius 2 is 0.895 bits per heavy atom. The van der Waals surface area contributed by atoms with Crippen LogP contribution in [0.5, 0.6) is 0 Å². The Morgan fingerprint density at radius 1 is 0.632 bits per heavy atom. The van der Waals surface area contributed by atoms with Gasteiger partial charge < -0.3 is 10.2 Å². The van der Waals surface area contributed by atoms with E-state index in [2.05, 4.69) is 24.4 Å². The maximum absolute atomic E-state index is 10.5. The first kappa shape index (κ1) is 18.1. The van der Waals surface area contributed by atoms with Crippen molar-refractivity contribution < 1.29 is 37.5 Å². The summed E-state index contributed by atoms with van der Waals surface area (Å²) < 4.78 is 0. The van der Waals surface area contributed by atoms with Crippen LogP contribution in [0, 0.1) is 0 Å². The topological polar surface area (TPSA) is 46.1 Å². The minimum atomic E-state index is -0.296. The Labute approximate surface area is 143 Å². The molecule has 0 saturated heterocycles. The fourth-order valence-corrected chi connectivity index (χ4v) is 1.42. The van der Waals surface area contributed by atoms with Crippen molar-refractivity contribution in [2.75, 3.05) is 0 Å². The zero-order chi connectivity index (χ0) is 13.4. The van der Waals surface area contributed by atoms with E-state index in [4.69, 9.17) is 0 Å². The van der Waals surface area contributed by atoms with Crippen LogP contribution in [-0.4, -0.2) is 10.1 Å². The monoisotopic (exact) mass is 388 g/mol. The maximum atomic E-state index is 10.5. The van der Waals surface area contributed by atoms with Crippen molar-refractivity contribution in [3.63, 3.8) is 0 Å². The third-order valence-electron chi connectivity index (χ3n) is 2.02. The summed E-state index contributed by atoms with van der Waals surface area (Å²) in [6.45, 7) is 0. The molecule has 2 aromatic rings. The molecule has 0 aliphatic carbocycles. The molecule has 0 fully saturated rings. The summed E-state index contributed by atoms with van der Waals surface area (Å²) in [5.41, 5.74) is 1.18. The van der Waals surface area contributed by atoms with Crippen LogP contribution in [-0.2, 0) is 27.3 Å². The van der Waals surface area contributed by atoms with Gasteiger partial charge in [0.2, 0.25) is 0 Å². The van der Waals surface area contributed by atoms with Crippen molar-refractivity contribution in [1.82, 2.24) is 0 Å². The molecule has 0 spiro atoms. The summed E-state index contributed by atoms with van der Waals surface area (Å²) in [4.78, 5) is 0. The second kappa shape index (κ2) is 9.99. The third kappa shape index (κ3) is 7.34. The van der Waals surface area contributed by atoms with Crippen molar-refractivity contribution in [2.24, 2.45) is 0 Å². The van der Waals surface area contributed by atoms with Crippen molar-refractivity contribution in [3.05, 3.63) is 71.8 Å². The molecular formula is C14H10CdO2S2. The summed E-state index contributed by atoms with van der Waals surface area (Å²) >= 11 is 8.81. The number of hydrogen-bond donors (Lipinski definition) is 0. The summed E-state index contributed by atoms with van der Waals surface area (Å²) in [7, 11) is 0. The molecule has 0 saturated carbocycles. The van der Waals surface area contributed by atoms with E-state index in [9.17, 15) is 10.2 Å². The molecule has 0 aliphatic heterocycles. The minimum absolute atomic E-state index is 0. The van der Waals surface area contributed by atoms with E-state index in [0.29, 0.717) is 11.1 Å². The first-order valence-electron chi connectivity index (χ1n) is 5.14. The standard InChI is InChI=1S/2C7H6OS.Cd/c2*8-7(9)6-4-2-1-3-5-6;/h2*1-5H,(H,8,9);/q;;+2/p-2. The summed E-state index contributed by atoms with van der Waals surface area (Å²) in [6, 6.07) is 17.7. The number of rotatable bonds is 2. The van der Waals surface area contributed by atoms with Gasteiger partial charge >= 0.3 is 27.3 Å². The largest absolute Gasteiger partial charge is 2.00 e. The van der Waals surface area contributed by atoms with E-state index in [1.807, 2.05) is 12.1 Å². The van der Waals surface area contributed by atoms with E-state index < -0.39 is 0 Å². The molecule has 0 aromatic heterocycles. The average molecular weight is 387 g/mol. The maximum Gasteiger partial charge on any atom is 2.00 e. The first-order chi connectivity index (χ1) is 8.61. The summed E-state index contributed by atoms with van der Waals surface area (Å²) in [5.74, 6) is 0. The molecule has 0 amide bonds. The molecule has 0 aliphatic rings. The zero-order valence-electron chi connectivity index (χ0n) is 10.1. The Morgan fingerprint density at radius 3 is 1.05 bits per heavy atom. The number of thiocarbonyl (C=S) groups is 2. The van der Waals surface area contributed by atoms with Crippen LogP contribution >= 0.6 is 24.4 Å². The van der Waals surface area contributed by atoms with Gasteiger partial charge in [-0.25, -0.2) is 0 Å². The van der Waals surface area contributed by atoms with Gasteiger partial charge in [0.25, 0.3) is 0 Å². The molecule has 5 heteroatoms. The molecule has 0 N–H and O–H groups in total. The van der Waals surface area contributed by atoms with Crippen LogP contribution in [0.4, 0.5) is 0 Å². The molecular weight excluding hydrogens is 377 g/mol. The first-order valence-corrected chi connectivity index (χ1v) is 5.95. The van der Waals surface area contributed by atoms with Crippen LogP contribution < -0.4 is 10.2 Å². The Bertz CT molecular complexity index is 466. The smallest absolute Gasteiger partial charge is 0.864 e. The van der Waals surface area contributed by atoms with Crippen molar-refractivity contribution in [2.45, 2.75) is 0 Å². The van der Waals surface area contributed by atoms with Gasteiger partial charge in [0, 0.05) is 0 Å². The average Bonchev–Trinajstić information content (AvgIpc) is 2.41. The molecule has 92 valence electrons. The van der Waals surface area contributed by atoms with Gasteiger partial charge in [-0.15, -0.1) is 0 Å². The van der Waals surface area contributed by atoms with Crippen molar-refractivity contribution >= 4 is 34.5 Å². The fraction of sp³-hybridized carbons (Fsp3) is 0. The quantitative estimate of drug-likeness (QED) is 0.579. The van der Waals surface area contributed by atoms with Gasteiger partial charge in [0.05, 0.1) is 0 Å². The fourth-order valence-electron chi connectivity index (χ4n) is 1.15. The minimum Gasteiger partial charge on any atom is -0.864 e. The van der Waals surface area contributed by atoms with Crippen LogP contribution in [0.1, 0.15) is 11.1 Å². The molecule has 0 heterocycles. The predicted octanol–water partition coefficient (Wildman–Crippen LogP) is 1.44.